The van der Waals surface area contributed by atoms with E-state index < -0.39 is 15.8 Å². The van der Waals surface area contributed by atoms with Crippen LogP contribution in [0.3, 0.4) is 0 Å². The maximum atomic E-state index is 13.4. The molecular weight excluding hydrogens is 331 g/mol. The molecule has 0 N–H and O–H groups in total. The lowest BCUT2D eigenvalue weighted by Crippen LogP contribution is -2.56. The van der Waals surface area contributed by atoms with Crippen molar-refractivity contribution in [1.82, 2.24) is 9.29 Å². The summed E-state index contributed by atoms with van der Waals surface area (Å²) in [6.45, 7) is 0.392. The lowest BCUT2D eigenvalue weighted by atomic mass is 10.2. The van der Waals surface area contributed by atoms with Gasteiger partial charge >= 0.3 is 0 Å². The van der Waals surface area contributed by atoms with Crippen molar-refractivity contribution in [2.24, 2.45) is 0 Å². The van der Waals surface area contributed by atoms with Crippen molar-refractivity contribution < 1.29 is 22.3 Å². The number of hydrogen-bond acceptors (Lipinski definition) is 6. The van der Waals surface area contributed by atoms with Crippen LogP contribution >= 0.6 is 11.3 Å². The molecule has 2 aromatic rings. The fraction of sp³-hybridized carbons (Fsp3) is 0.308. The molecule has 0 aliphatic carbocycles. The normalized spacial score (nSPS) is 16.3. The molecule has 0 bridgehead atoms. The maximum Gasteiger partial charge on any atom is 0.273 e. The Bertz CT molecular complexity index is 758. The Labute approximate surface area is 131 Å². The van der Waals surface area contributed by atoms with E-state index in [4.69, 9.17) is 9.47 Å². The van der Waals surface area contributed by atoms with Gasteiger partial charge in [-0.05, 0) is 18.2 Å². The highest BCUT2D eigenvalue weighted by Gasteiger charge is 2.40. The van der Waals surface area contributed by atoms with Crippen LogP contribution < -0.4 is 9.47 Å². The summed E-state index contributed by atoms with van der Waals surface area (Å²) < 4.78 is 50.1. The molecule has 1 aromatic carbocycles. The molecule has 1 aromatic heterocycles. The second-order valence-electron chi connectivity index (χ2n) is 4.66. The van der Waals surface area contributed by atoms with Crippen molar-refractivity contribution in [1.29, 1.82) is 0 Å². The van der Waals surface area contributed by atoms with Crippen LogP contribution in [0.1, 0.15) is 0 Å². The average Bonchev–Trinajstić information content (AvgIpc) is 2.95. The molecule has 118 valence electrons. The monoisotopic (exact) mass is 344 g/mol. The highest BCUT2D eigenvalue weighted by atomic mass is 32.2. The zero-order chi connectivity index (χ0) is 15.7. The van der Waals surface area contributed by atoms with Gasteiger partial charge in [0.05, 0.1) is 20.2 Å². The Morgan fingerprint density at radius 3 is 2.82 bits per heavy atom. The van der Waals surface area contributed by atoms with Gasteiger partial charge in [0, 0.05) is 11.6 Å². The van der Waals surface area contributed by atoms with Gasteiger partial charge in [0.2, 0.25) is 10.0 Å². The Morgan fingerprint density at radius 1 is 1.41 bits per heavy atom. The van der Waals surface area contributed by atoms with Crippen LogP contribution in [0.2, 0.25) is 0 Å². The van der Waals surface area contributed by atoms with Crippen LogP contribution in [0.4, 0.5) is 4.39 Å². The fourth-order valence-corrected chi connectivity index (χ4v) is 4.30. The lowest BCUT2D eigenvalue weighted by Gasteiger charge is -2.37. The molecule has 1 fully saturated rings. The summed E-state index contributed by atoms with van der Waals surface area (Å²) in [6, 6.07) is 3.41. The van der Waals surface area contributed by atoms with E-state index in [1.54, 1.807) is 11.6 Å². The first-order valence-electron chi connectivity index (χ1n) is 6.40. The van der Waals surface area contributed by atoms with Crippen LogP contribution in [0.15, 0.2) is 34.7 Å². The van der Waals surface area contributed by atoms with E-state index in [1.807, 2.05) is 0 Å². The SMILES string of the molecule is COc1ccc(F)cc1S(=O)(=O)N1CC(Oc2nccs2)C1. The van der Waals surface area contributed by atoms with Crippen molar-refractivity contribution in [3.63, 3.8) is 0 Å². The molecule has 0 radical (unpaired) electrons. The lowest BCUT2D eigenvalue weighted by molar-refractivity contribution is 0.0758. The van der Waals surface area contributed by atoms with Crippen LogP contribution in [-0.2, 0) is 10.0 Å². The topological polar surface area (TPSA) is 68.7 Å². The van der Waals surface area contributed by atoms with E-state index in [0.29, 0.717) is 5.19 Å². The molecule has 22 heavy (non-hydrogen) atoms. The minimum absolute atomic E-state index is 0.116. The van der Waals surface area contributed by atoms with Gasteiger partial charge in [-0.1, -0.05) is 11.3 Å². The number of ether oxygens (including phenoxy) is 2. The third-order valence-electron chi connectivity index (χ3n) is 3.24. The van der Waals surface area contributed by atoms with Crippen LogP contribution in [0.25, 0.3) is 0 Å². The molecule has 0 amide bonds. The van der Waals surface area contributed by atoms with E-state index in [-0.39, 0.29) is 29.8 Å². The standard InChI is InChI=1S/C13H13FN2O4S2/c1-19-11-3-2-9(14)6-12(11)22(17,18)16-7-10(8-16)20-13-15-4-5-21-13/h2-6,10H,7-8H2,1H3. The Kier molecular flexibility index (Phi) is 4.02. The average molecular weight is 344 g/mol. The van der Waals surface area contributed by atoms with Crippen molar-refractivity contribution in [3.8, 4) is 10.9 Å². The second-order valence-corrected chi connectivity index (χ2v) is 7.42. The minimum atomic E-state index is -3.81. The Morgan fingerprint density at radius 2 is 2.18 bits per heavy atom. The molecule has 1 aliphatic heterocycles. The van der Waals surface area contributed by atoms with Gasteiger partial charge in [0.25, 0.3) is 5.19 Å². The number of halogens is 1. The molecule has 1 aliphatic rings. The molecule has 0 saturated carbocycles. The number of hydrogen-bond donors (Lipinski definition) is 0. The van der Waals surface area contributed by atoms with Gasteiger partial charge in [-0.3, -0.25) is 0 Å². The first-order valence-corrected chi connectivity index (χ1v) is 8.72. The fourth-order valence-electron chi connectivity index (χ4n) is 2.07. The van der Waals surface area contributed by atoms with E-state index >= 15 is 0 Å². The largest absolute Gasteiger partial charge is 0.495 e. The number of rotatable bonds is 5. The van der Waals surface area contributed by atoms with Crippen LogP contribution in [0.5, 0.6) is 10.9 Å². The molecule has 6 nitrogen and oxygen atoms in total. The highest BCUT2D eigenvalue weighted by Crippen LogP contribution is 2.31. The third kappa shape index (κ3) is 2.79. The van der Waals surface area contributed by atoms with Gasteiger partial charge < -0.3 is 9.47 Å². The van der Waals surface area contributed by atoms with Crippen molar-refractivity contribution >= 4 is 21.4 Å². The van der Waals surface area contributed by atoms with E-state index in [0.717, 1.165) is 12.1 Å². The summed E-state index contributed by atoms with van der Waals surface area (Å²) in [5.41, 5.74) is 0. The molecule has 9 heteroatoms. The first kappa shape index (κ1) is 15.2. The summed E-state index contributed by atoms with van der Waals surface area (Å²) in [4.78, 5) is 3.80. The number of thiazole rings is 1. The quantitative estimate of drug-likeness (QED) is 0.826. The second kappa shape index (κ2) is 5.82. The molecule has 0 atom stereocenters. The first-order chi connectivity index (χ1) is 10.5. The van der Waals surface area contributed by atoms with Gasteiger partial charge in [-0.2, -0.15) is 4.31 Å². The van der Waals surface area contributed by atoms with Gasteiger partial charge in [-0.25, -0.2) is 17.8 Å². The van der Waals surface area contributed by atoms with E-state index in [1.165, 1.54) is 28.8 Å². The van der Waals surface area contributed by atoms with E-state index in [9.17, 15) is 12.8 Å². The summed E-state index contributed by atoms with van der Waals surface area (Å²) in [6.07, 6.45) is 1.37. The van der Waals surface area contributed by atoms with Gasteiger partial charge in [-0.15, -0.1) is 0 Å². The number of methoxy groups -OCH3 is 1. The zero-order valence-corrected chi connectivity index (χ0v) is 13.2. The molecule has 1 saturated heterocycles. The highest BCUT2D eigenvalue weighted by molar-refractivity contribution is 7.89. The van der Waals surface area contributed by atoms with Crippen molar-refractivity contribution in [3.05, 3.63) is 35.6 Å². The number of sulfonamides is 1. The minimum Gasteiger partial charge on any atom is -0.495 e. The summed E-state index contributed by atoms with van der Waals surface area (Å²) in [7, 11) is -2.46. The smallest absolute Gasteiger partial charge is 0.273 e. The van der Waals surface area contributed by atoms with E-state index in [2.05, 4.69) is 4.98 Å². The van der Waals surface area contributed by atoms with Crippen LogP contribution in [-0.4, -0.2) is 44.0 Å². The van der Waals surface area contributed by atoms with Gasteiger partial charge in [0.15, 0.2) is 0 Å². The predicted molar refractivity (Wildman–Crippen MR) is 78.2 cm³/mol. The molecule has 3 rings (SSSR count). The summed E-state index contributed by atoms with van der Waals surface area (Å²) >= 11 is 1.34. The molecule has 0 spiro atoms. The predicted octanol–water partition coefficient (Wildman–Crippen LogP) is 1.74. The number of aromatic nitrogens is 1. The summed E-state index contributed by atoms with van der Waals surface area (Å²) in [5.74, 6) is -0.513. The van der Waals surface area contributed by atoms with Crippen molar-refractivity contribution in [2.75, 3.05) is 20.2 Å². The molecular formula is C13H13FN2O4S2. The van der Waals surface area contributed by atoms with Gasteiger partial charge in [0.1, 0.15) is 22.6 Å². The molecule has 2 heterocycles. The Hall–Kier alpha value is -1.71. The van der Waals surface area contributed by atoms with Crippen LogP contribution in [0, 0.1) is 5.82 Å². The number of nitrogens with zero attached hydrogens (tertiary/aromatic N) is 2. The third-order valence-corrected chi connectivity index (χ3v) is 5.75. The van der Waals surface area contributed by atoms with Crippen molar-refractivity contribution in [2.45, 2.75) is 11.0 Å². The summed E-state index contributed by atoms with van der Waals surface area (Å²) in [5, 5.41) is 2.28. The number of benzene rings is 1. The zero-order valence-electron chi connectivity index (χ0n) is 11.6. The Balaban J connectivity index is 1.74. The molecule has 0 unspecified atom stereocenters. The maximum absolute atomic E-state index is 13.4.